The zero-order valence-corrected chi connectivity index (χ0v) is 7.62. The topological polar surface area (TPSA) is 25.8 Å². The highest BCUT2D eigenvalue weighted by molar-refractivity contribution is 7.65. The monoisotopic (exact) mass is 205 g/mol. The van der Waals surface area contributed by atoms with Gasteiger partial charge in [-0.1, -0.05) is 11.6 Å². The van der Waals surface area contributed by atoms with E-state index in [9.17, 15) is 0 Å². The van der Waals surface area contributed by atoms with Crippen LogP contribution in [0.3, 0.4) is 0 Å². The molecule has 0 N–H and O–H groups in total. The number of aromatic nitrogens is 2. The summed E-state index contributed by atoms with van der Waals surface area (Å²) in [7, 11) is 5.50. The van der Waals surface area contributed by atoms with Crippen molar-refractivity contribution in [3.05, 3.63) is 22.9 Å². The summed E-state index contributed by atoms with van der Waals surface area (Å²) in [6, 6.07) is 1.86. The molecule has 2 aromatic heterocycles. The number of rotatable bonds is 0. The van der Waals surface area contributed by atoms with E-state index in [1.807, 2.05) is 11.4 Å². The minimum absolute atomic E-state index is 0.425. The van der Waals surface area contributed by atoms with Crippen LogP contribution in [0.25, 0.3) is 10.2 Å². The van der Waals surface area contributed by atoms with E-state index in [1.165, 1.54) is 6.33 Å². The molecular weight excluding hydrogens is 203 g/mol. The van der Waals surface area contributed by atoms with Crippen molar-refractivity contribution < 1.29 is 0 Å². The standard InChI is InChI=1S/C6H3Cl2N2S/c7-6-5-4(9-3-10-6)1-2-11(5)8/h1-3H/q+1. The maximum Gasteiger partial charge on any atom is 0.256 e. The first-order valence-corrected chi connectivity index (χ1v) is 5.36. The van der Waals surface area contributed by atoms with E-state index in [0.717, 1.165) is 10.2 Å². The lowest BCUT2D eigenvalue weighted by atomic mass is 10.5. The van der Waals surface area contributed by atoms with Gasteiger partial charge in [-0.15, -0.1) is 0 Å². The van der Waals surface area contributed by atoms with Crippen molar-refractivity contribution in [3.63, 3.8) is 0 Å². The van der Waals surface area contributed by atoms with Gasteiger partial charge in [-0.25, -0.2) is 9.97 Å². The lowest BCUT2D eigenvalue weighted by Gasteiger charge is -1.84. The van der Waals surface area contributed by atoms with Crippen LogP contribution in [0.4, 0.5) is 0 Å². The minimum Gasteiger partial charge on any atom is -0.231 e. The van der Waals surface area contributed by atoms with Crippen molar-refractivity contribution in [1.82, 2.24) is 9.97 Å². The first-order chi connectivity index (χ1) is 5.29. The molecular formula is C6H3Cl2N2S+. The fourth-order valence-corrected chi connectivity index (χ4v) is 2.89. The smallest absolute Gasteiger partial charge is 0.231 e. The molecule has 11 heavy (non-hydrogen) atoms. The zero-order chi connectivity index (χ0) is 7.84. The Morgan fingerprint density at radius 1 is 1.36 bits per heavy atom. The van der Waals surface area contributed by atoms with E-state index >= 15 is 0 Å². The number of nitrogens with zero attached hydrogens (tertiary/aromatic N) is 2. The average molecular weight is 206 g/mol. The molecule has 2 heterocycles. The van der Waals surface area contributed by atoms with Crippen molar-refractivity contribution >= 4 is 42.2 Å². The van der Waals surface area contributed by atoms with Gasteiger partial charge in [0.1, 0.15) is 21.5 Å². The average Bonchev–Trinajstić information content (AvgIpc) is 2.34. The van der Waals surface area contributed by atoms with E-state index in [0.29, 0.717) is 5.15 Å². The van der Waals surface area contributed by atoms with Gasteiger partial charge < -0.3 is 0 Å². The second-order valence-corrected chi connectivity index (χ2v) is 4.57. The van der Waals surface area contributed by atoms with Gasteiger partial charge in [-0.05, 0) is 0 Å². The molecule has 5 heteroatoms. The van der Waals surface area contributed by atoms with Gasteiger partial charge in [0.05, 0.1) is 0 Å². The van der Waals surface area contributed by atoms with Gasteiger partial charge >= 0.3 is 0 Å². The molecule has 0 aliphatic carbocycles. The van der Waals surface area contributed by atoms with Crippen LogP contribution in [0.1, 0.15) is 0 Å². The lowest BCUT2D eigenvalue weighted by Crippen LogP contribution is -1.77. The largest absolute Gasteiger partial charge is 0.256 e. The molecule has 1 atom stereocenters. The van der Waals surface area contributed by atoms with E-state index in [-0.39, 0.29) is 0 Å². The quantitative estimate of drug-likeness (QED) is 0.489. The Balaban J connectivity index is 2.96. The van der Waals surface area contributed by atoms with E-state index in [2.05, 4.69) is 9.97 Å². The second-order valence-electron chi connectivity index (χ2n) is 1.97. The summed E-state index contributed by atoms with van der Waals surface area (Å²) in [6.07, 6.45) is 1.44. The summed E-state index contributed by atoms with van der Waals surface area (Å²) < 4.78 is 0.843. The molecule has 0 aliphatic heterocycles. The molecule has 0 bridgehead atoms. The van der Waals surface area contributed by atoms with Crippen molar-refractivity contribution in [2.45, 2.75) is 0 Å². The molecule has 0 aromatic carbocycles. The maximum absolute atomic E-state index is 5.92. The lowest BCUT2D eigenvalue weighted by molar-refractivity contribution is 1.23. The van der Waals surface area contributed by atoms with Crippen LogP contribution in [0.2, 0.25) is 5.15 Å². The molecule has 0 aliphatic rings. The van der Waals surface area contributed by atoms with E-state index in [1.54, 1.807) is 0 Å². The predicted octanol–water partition coefficient (Wildman–Crippen LogP) is 3.03. The highest BCUT2D eigenvalue weighted by atomic mass is 35.7. The maximum atomic E-state index is 5.92. The summed E-state index contributed by atoms with van der Waals surface area (Å²) >= 11 is 5.80. The van der Waals surface area contributed by atoms with Crippen LogP contribution in [-0.2, 0) is 0 Å². The predicted molar refractivity (Wildman–Crippen MR) is 48.3 cm³/mol. The fraction of sp³-hybridized carbons (Fsp3) is 0. The first kappa shape index (κ1) is 7.28. The Bertz CT molecular complexity index is 398. The van der Waals surface area contributed by atoms with E-state index in [4.69, 9.17) is 22.3 Å². The molecule has 56 valence electrons. The Morgan fingerprint density at radius 3 is 2.91 bits per heavy atom. The third-order valence-electron chi connectivity index (χ3n) is 1.33. The molecule has 0 amide bonds. The fourth-order valence-electron chi connectivity index (χ4n) is 0.856. The first-order valence-electron chi connectivity index (χ1n) is 2.87. The molecule has 0 fully saturated rings. The van der Waals surface area contributed by atoms with Crippen molar-refractivity contribution in [2.24, 2.45) is 0 Å². The van der Waals surface area contributed by atoms with Crippen LogP contribution >= 0.6 is 32.0 Å². The highest BCUT2D eigenvalue weighted by Crippen LogP contribution is 2.37. The molecule has 2 aromatic rings. The number of thiophene rings is 1. The molecule has 0 spiro atoms. The normalized spacial score (nSPS) is 12.4. The van der Waals surface area contributed by atoms with Crippen LogP contribution < -0.4 is 0 Å². The van der Waals surface area contributed by atoms with Crippen molar-refractivity contribution in [3.8, 4) is 0 Å². The third-order valence-corrected chi connectivity index (χ3v) is 3.67. The minimum atomic E-state index is -0.425. The second kappa shape index (κ2) is 2.59. The van der Waals surface area contributed by atoms with Crippen LogP contribution in [-0.4, -0.2) is 9.97 Å². The summed E-state index contributed by atoms with van der Waals surface area (Å²) in [5.41, 5.74) is 0.836. The number of fused-ring (bicyclic) bond motifs is 1. The Hall–Kier alpha value is -0.380. The molecule has 2 nitrogen and oxygen atoms in total. The molecule has 1 unspecified atom stereocenters. The van der Waals surface area contributed by atoms with Gasteiger partial charge in [-0.3, -0.25) is 0 Å². The summed E-state index contributed by atoms with van der Waals surface area (Å²) in [5.74, 6) is 0. The van der Waals surface area contributed by atoms with Gasteiger partial charge in [0, 0.05) is 6.07 Å². The summed E-state index contributed by atoms with van der Waals surface area (Å²) in [4.78, 5) is 7.85. The molecule has 2 rings (SSSR count). The van der Waals surface area contributed by atoms with Crippen molar-refractivity contribution in [1.29, 1.82) is 0 Å². The van der Waals surface area contributed by atoms with Crippen LogP contribution in [0.15, 0.2) is 17.8 Å². The van der Waals surface area contributed by atoms with E-state index < -0.39 is 9.68 Å². The molecule has 0 saturated heterocycles. The molecule has 0 radical (unpaired) electrons. The Labute approximate surface area is 75.3 Å². The van der Waals surface area contributed by atoms with Gasteiger partial charge in [-0.2, -0.15) is 0 Å². The molecule has 0 saturated carbocycles. The Morgan fingerprint density at radius 2 is 2.18 bits per heavy atom. The third kappa shape index (κ3) is 1.09. The van der Waals surface area contributed by atoms with Crippen LogP contribution in [0, 0.1) is 0 Å². The van der Waals surface area contributed by atoms with Crippen molar-refractivity contribution in [2.75, 3.05) is 0 Å². The highest BCUT2D eigenvalue weighted by Gasteiger charge is 2.15. The summed E-state index contributed by atoms with van der Waals surface area (Å²) in [6.45, 7) is 0. The van der Waals surface area contributed by atoms with Gasteiger partial charge in [0.15, 0.2) is 10.5 Å². The number of hydrogen-bond acceptors (Lipinski definition) is 2. The van der Waals surface area contributed by atoms with Crippen LogP contribution in [0.5, 0.6) is 0 Å². The van der Waals surface area contributed by atoms with Gasteiger partial charge in [0.25, 0.3) is 4.70 Å². The summed E-state index contributed by atoms with van der Waals surface area (Å²) in [5, 5.41) is 2.32. The number of hydrogen-bond donors (Lipinski definition) is 0. The van der Waals surface area contributed by atoms with Gasteiger partial charge in [0.2, 0.25) is 10.7 Å². The number of halogens is 2. The zero-order valence-electron chi connectivity index (χ0n) is 5.29. The Kier molecular flexibility index (Phi) is 1.71. The SMILES string of the molecule is Clc1ncnc2cc[s+](Cl)c12.